The van der Waals surface area contributed by atoms with Gasteiger partial charge in [-0.1, -0.05) is 48.9 Å². The number of likely N-dealkylation sites (tertiary alicyclic amines) is 2. The lowest BCUT2D eigenvalue weighted by molar-refractivity contribution is -0.146. The number of nitrogens with zero attached hydrogens (tertiary/aromatic N) is 5. The van der Waals surface area contributed by atoms with Crippen molar-refractivity contribution in [1.29, 1.82) is 0 Å². The van der Waals surface area contributed by atoms with Crippen molar-refractivity contribution in [3.05, 3.63) is 105 Å². The second-order valence-electron chi connectivity index (χ2n) is 21.0. The van der Waals surface area contributed by atoms with E-state index in [0.29, 0.717) is 56.8 Å². The summed E-state index contributed by atoms with van der Waals surface area (Å²) in [5.74, 6) is -5.21. The van der Waals surface area contributed by atoms with E-state index >= 15 is 17.6 Å². The number of piperidine rings is 2. The molecule has 0 bridgehead atoms. The fraction of sp³-hybridized carbons (Fsp3) is 0.482. The topological polar surface area (TPSA) is 174 Å². The molecule has 4 N–H and O–H groups in total. The highest BCUT2D eigenvalue weighted by Gasteiger charge is 2.50. The number of nitrogens with two attached hydrogens (primary N) is 1. The minimum atomic E-state index is -1.11. The zero-order valence-electron chi connectivity index (χ0n) is 42.9. The molecule has 2 atom stereocenters. The molecular weight excluding hydrogens is 1010 g/mol. The van der Waals surface area contributed by atoms with Crippen molar-refractivity contribution < 1.29 is 51.0 Å². The Morgan fingerprint density at radius 1 is 0.882 bits per heavy atom. The highest BCUT2D eigenvalue weighted by atomic mass is 35.5. The average molecular weight is 1070 g/mol. The van der Waals surface area contributed by atoms with Crippen LogP contribution in [0, 0.1) is 35.1 Å². The van der Waals surface area contributed by atoms with E-state index in [4.69, 9.17) is 31.5 Å². The Hall–Kier alpha value is -6.28. The third kappa shape index (κ3) is 10.1. The normalized spacial score (nSPS) is 22.9. The molecule has 0 unspecified atom stereocenters. The van der Waals surface area contributed by atoms with Crippen LogP contribution in [0.4, 0.5) is 28.2 Å². The maximum Gasteiger partial charge on any atom is 0.329 e. The van der Waals surface area contributed by atoms with Crippen LogP contribution in [0.25, 0.3) is 22.0 Å². The lowest BCUT2D eigenvalue weighted by atomic mass is 9.77. The van der Waals surface area contributed by atoms with Crippen LogP contribution in [0.5, 0.6) is 11.5 Å². The number of hydrogen-bond donors (Lipinski definition) is 3. The van der Waals surface area contributed by atoms with E-state index < -0.39 is 52.6 Å². The first-order valence-corrected chi connectivity index (χ1v) is 26.7. The van der Waals surface area contributed by atoms with Gasteiger partial charge in [-0.2, -0.15) is 5.10 Å². The third-order valence-corrected chi connectivity index (χ3v) is 17.0. The number of ether oxygens (including phenoxy) is 3. The van der Waals surface area contributed by atoms with E-state index in [1.807, 2.05) is 37.3 Å². The number of primary amides is 1. The minimum Gasteiger partial charge on any atom is -0.489 e. The molecule has 15 nitrogen and oxygen atoms in total. The summed E-state index contributed by atoms with van der Waals surface area (Å²) in [6.45, 7) is 6.66. The average Bonchev–Trinajstić information content (AvgIpc) is 3.99. The SMILES string of the molecule is COC(=O)C1CCC(NC[C@]2(c3ccccc3)Oc3cc(F)c(Cl)c(-c4c(C(N)=O)ccc(OCCN5CCC(CN6CCC(c7c(F)cc8c(N9CCC(=O)NC9=O)nn(C)c8c7F)CC6)CC5)c4F)c3[C@@H]2C)CC1. The van der Waals surface area contributed by atoms with E-state index in [-0.39, 0.29) is 105 Å². The fourth-order valence-electron chi connectivity index (χ4n) is 12.5. The maximum absolute atomic E-state index is 17.2. The number of aryl methyl sites for hydroxylation is 1. The van der Waals surface area contributed by atoms with Crippen molar-refractivity contribution >= 4 is 52.1 Å². The van der Waals surface area contributed by atoms with Crippen LogP contribution < -0.4 is 30.7 Å². The molecule has 20 heteroatoms. The molecule has 10 rings (SSSR count). The molecule has 5 aromatic rings. The van der Waals surface area contributed by atoms with Crippen LogP contribution in [0.3, 0.4) is 0 Å². The standard InChI is InChI=1S/C56H63ClF4N8O7/c1-31-44-42(76-56(31,35-7-5-4-6-8-35)30-63-36-11-9-34(10-12-36)54(72)74-3)28-40(59)48(57)47(44)46-37(52(62)71)13-14-41(49(46)60)75-26-25-67-20-15-32(16-21-67)29-68-22-17-33(18-23-68)45-39(58)27-38-51(50(45)61)66(2)65-53(38)69-24-19-43(70)64-55(69)73/h4-8,13-14,27-28,31-34,36,63H,9-12,15-26,29-30H2,1-3H3,(H2,62,71)(H,64,70,73)/t31-,34?,36?,56-/m0/s1. The molecule has 1 saturated carbocycles. The molecule has 3 saturated heterocycles. The summed E-state index contributed by atoms with van der Waals surface area (Å²) in [5.41, 5.74) is 5.65. The zero-order valence-corrected chi connectivity index (χ0v) is 43.6. The molecule has 1 aliphatic carbocycles. The predicted octanol–water partition coefficient (Wildman–Crippen LogP) is 8.68. The van der Waals surface area contributed by atoms with Gasteiger partial charge in [-0.3, -0.25) is 34.2 Å². The number of imide groups is 1. The largest absolute Gasteiger partial charge is 0.489 e. The van der Waals surface area contributed by atoms with Gasteiger partial charge in [0.1, 0.15) is 29.5 Å². The van der Waals surface area contributed by atoms with E-state index in [2.05, 4.69) is 25.5 Å². The van der Waals surface area contributed by atoms with Gasteiger partial charge in [-0.15, -0.1) is 0 Å². The van der Waals surface area contributed by atoms with Crippen molar-refractivity contribution in [3.63, 3.8) is 0 Å². The molecule has 4 fully saturated rings. The van der Waals surface area contributed by atoms with Crippen molar-refractivity contribution in [1.82, 2.24) is 30.2 Å². The molecule has 0 radical (unpaired) electrons. The smallest absolute Gasteiger partial charge is 0.329 e. The lowest BCUT2D eigenvalue weighted by Gasteiger charge is -2.38. The molecule has 76 heavy (non-hydrogen) atoms. The summed E-state index contributed by atoms with van der Waals surface area (Å²) in [7, 11) is 2.95. The summed E-state index contributed by atoms with van der Waals surface area (Å²) in [5, 5.41) is 10.0. The van der Waals surface area contributed by atoms with Crippen LogP contribution >= 0.6 is 11.6 Å². The summed E-state index contributed by atoms with van der Waals surface area (Å²) in [6, 6.07) is 14.1. The number of esters is 1. The summed E-state index contributed by atoms with van der Waals surface area (Å²) in [6.07, 6.45) is 5.84. The van der Waals surface area contributed by atoms with Gasteiger partial charge in [0.2, 0.25) is 11.8 Å². The van der Waals surface area contributed by atoms with E-state index in [1.54, 1.807) is 7.05 Å². The monoisotopic (exact) mass is 1070 g/mol. The van der Waals surface area contributed by atoms with Gasteiger partial charge in [0.05, 0.1) is 29.0 Å². The summed E-state index contributed by atoms with van der Waals surface area (Å²) < 4.78 is 84.6. The highest BCUT2D eigenvalue weighted by molar-refractivity contribution is 6.34. The fourth-order valence-corrected chi connectivity index (χ4v) is 12.7. The Kier molecular flexibility index (Phi) is 15.4. The van der Waals surface area contributed by atoms with Gasteiger partial charge < -0.3 is 30.2 Å². The molecule has 5 aliphatic rings. The number of benzene rings is 4. The van der Waals surface area contributed by atoms with E-state index in [1.165, 1.54) is 41.0 Å². The first kappa shape index (κ1) is 53.1. The quantitative estimate of drug-likeness (QED) is 0.0677. The van der Waals surface area contributed by atoms with Gasteiger partial charge in [-0.25, -0.2) is 22.4 Å². The van der Waals surface area contributed by atoms with Gasteiger partial charge in [0.25, 0.3) is 0 Å². The van der Waals surface area contributed by atoms with Crippen molar-refractivity contribution in [2.45, 2.75) is 88.2 Å². The Bertz CT molecular complexity index is 3050. The Morgan fingerprint density at radius 2 is 1.59 bits per heavy atom. The van der Waals surface area contributed by atoms with Gasteiger partial charge in [-0.05, 0) is 113 Å². The number of carbonyl (C=O) groups is 4. The van der Waals surface area contributed by atoms with Crippen LogP contribution in [0.2, 0.25) is 5.02 Å². The van der Waals surface area contributed by atoms with Crippen LogP contribution in [-0.4, -0.2) is 116 Å². The Balaban J connectivity index is 0.771. The number of aromatic nitrogens is 2. The van der Waals surface area contributed by atoms with E-state index in [0.717, 1.165) is 50.9 Å². The van der Waals surface area contributed by atoms with Gasteiger partial charge in [0.15, 0.2) is 28.8 Å². The first-order chi connectivity index (χ1) is 36.6. The Morgan fingerprint density at radius 3 is 2.28 bits per heavy atom. The molecule has 4 aromatic carbocycles. The molecule has 0 spiro atoms. The maximum atomic E-state index is 17.2. The predicted molar refractivity (Wildman–Crippen MR) is 277 cm³/mol. The highest BCUT2D eigenvalue weighted by Crippen LogP contribution is 2.57. The van der Waals surface area contributed by atoms with E-state index in [9.17, 15) is 19.2 Å². The number of nitrogens with one attached hydrogen (secondary N) is 2. The number of carbonyl (C=O) groups excluding carboxylic acids is 4. The molecule has 4 amide bonds. The lowest BCUT2D eigenvalue weighted by Crippen LogP contribution is -2.49. The Labute approximate surface area is 443 Å². The van der Waals surface area contributed by atoms with Crippen molar-refractivity contribution in [3.8, 4) is 22.6 Å². The van der Waals surface area contributed by atoms with Crippen molar-refractivity contribution in [2.75, 3.05) is 71.0 Å². The minimum absolute atomic E-state index is 0.0312. The van der Waals surface area contributed by atoms with Crippen LogP contribution in [-0.2, 0) is 27.0 Å². The number of amides is 4. The summed E-state index contributed by atoms with van der Waals surface area (Å²) in [4.78, 5) is 55.4. The number of halogens is 5. The number of methoxy groups -OCH3 is 1. The molecule has 404 valence electrons. The molecule has 1 aromatic heterocycles. The number of hydrogen-bond acceptors (Lipinski definition) is 11. The van der Waals surface area contributed by atoms with Crippen LogP contribution in [0.15, 0.2) is 54.6 Å². The van der Waals surface area contributed by atoms with Gasteiger partial charge >= 0.3 is 12.0 Å². The second kappa shape index (κ2) is 22.0. The molecular formula is C56H63ClF4N8O7. The zero-order chi connectivity index (χ0) is 53.6. The number of urea groups is 1. The molecule has 4 aliphatic heterocycles. The van der Waals surface area contributed by atoms with Crippen molar-refractivity contribution in [2.24, 2.45) is 24.6 Å². The summed E-state index contributed by atoms with van der Waals surface area (Å²) >= 11 is 6.84. The molecule has 5 heterocycles. The number of anilines is 1. The van der Waals surface area contributed by atoms with Gasteiger partial charge in [0, 0.05) is 79.9 Å². The second-order valence-corrected chi connectivity index (χ2v) is 21.4. The first-order valence-electron chi connectivity index (χ1n) is 26.3. The van der Waals surface area contributed by atoms with Crippen LogP contribution in [0.1, 0.15) is 104 Å². The number of rotatable bonds is 15. The number of fused-ring (bicyclic) bond motifs is 2. The third-order valence-electron chi connectivity index (χ3n) is 16.7.